The van der Waals surface area contributed by atoms with Gasteiger partial charge in [-0.25, -0.2) is 12.8 Å². The molecule has 0 spiro atoms. The highest BCUT2D eigenvalue weighted by molar-refractivity contribution is 9.10. The number of nitrogens with two attached hydrogens (primary N) is 1. The summed E-state index contributed by atoms with van der Waals surface area (Å²) >= 11 is 2.99. The quantitative estimate of drug-likeness (QED) is 0.836. The van der Waals surface area contributed by atoms with Crippen molar-refractivity contribution in [3.63, 3.8) is 0 Å². The summed E-state index contributed by atoms with van der Waals surface area (Å²) in [5.41, 5.74) is 5.88. The van der Waals surface area contributed by atoms with Gasteiger partial charge in [-0.15, -0.1) is 0 Å². The second-order valence-electron chi connectivity index (χ2n) is 4.07. The molecule has 1 rings (SSSR count). The summed E-state index contributed by atoms with van der Waals surface area (Å²) in [6.45, 7) is 3.15. The molecule has 0 unspecified atom stereocenters. The van der Waals surface area contributed by atoms with Crippen LogP contribution in [0.1, 0.15) is 13.8 Å². The number of benzene rings is 1. The minimum absolute atomic E-state index is 0.0498. The van der Waals surface area contributed by atoms with Gasteiger partial charge in [0.2, 0.25) is 0 Å². The fourth-order valence-corrected chi connectivity index (χ4v) is 2.32. The molecule has 18 heavy (non-hydrogen) atoms. The number of sulfone groups is 1. The van der Waals surface area contributed by atoms with Crippen molar-refractivity contribution in [2.45, 2.75) is 19.1 Å². The maximum atomic E-state index is 13.2. The number of anilines is 1. The van der Waals surface area contributed by atoms with E-state index in [2.05, 4.69) is 15.9 Å². The zero-order chi connectivity index (χ0) is 13.9. The van der Waals surface area contributed by atoms with Crippen molar-refractivity contribution in [2.24, 2.45) is 0 Å². The van der Waals surface area contributed by atoms with E-state index in [0.717, 1.165) is 6.07 Å². The summed E-state index contributed by atoms with van der Waals surface area (Å²) in [6, 6.07) is 2.50. The number of rotatable bonds is 5. The Kier molecular flexibility index (Phi) is 4.98. The number of hydrogen-bond donors (Lipinski definition) is 1. The largest absolute Gasteiger partial charge is 0.490 e. The van der Waals surface area contributed by atoms with Crippen LogP contribution in [-0.4, -0.2) is 26.0 Å². The van der Waals surface area contributed by atoms with E-state index in [1.54, 1.807) is 13.8 Å². The molecule has 102 valence electrons. The number of ether oxygens (including phenoxy) is 1. The highest BCUT2D eigenvalue weighted by atomic mass is 79.9. The summed E-state index contributed by atoms with van der Waals surface area (Å²) < 4.78 is 41.7. The second kappa shape index (κ2) is 5.88. The summed E-state index contributed by atoms with van der Waals surface area (Å²) in [5, 5.41) is -0.458. The van der Waals surface area contributed by atoms with Crippen molar-refractivity contribution in [1.29, 1.82) is 0 Å². The molecule has 0 aliphatic rings. The fourth-order valence-electron chi connectivity index (χ4n) is 1.17. The maximum absolute atomic E-state index is 13.2. The first-order valence-electron chi connectivity index (χ1n) is 5.33. The molecule has 1 aromatic carbocycles. The molecule has 0 radical (unpaired) electrons. The Morgan fingerprint density at radius 2 is 2.06 bits per heavy atom. The standard InChI is InChI=1S/C11H15BrFNO3S/c1-7(2)18(15,16)4-3-17-11-6-9(13)8(12)5-10(11)14/h5-7H,3-4,14H2,1-2H3. The second-order valence-corrected chi connectivity index (χ2v) is 7.60. The van der Waals surface area contributed by atoms with E-state index in [4.69, 9.17) is 10.5 Å². The highest BCUT2D eigenvalue weighted by Gasteiger charge is 2.16. The number of hydrogen-bond acceptors (Lipinski definition) is 4. The Balaban J connectivity index is 2.68. The normalized spacial score (nSPS) is 11.8. The third-order valence-electron chi connectivity index (χ3n) is 2.40. The van der Waals surface area contributed by atoms with Crippen LogP contribution < -0.4 is 10.5 Å². The van der Waals surface area contributed by atoms with E-state index in [1.807, 2.05) is 0 Å². The van der Waals surface area contributed by atoms with Crippen molar-refractivity contribution in [2.75, 3.05) is 18.1 Å². The molecule has 0 heterocycles. The van der Waals surface area contributed by atoms with Gasteiger partial charge in [-0.2, -0.15) is 0 Å². The summed E-state index contributed by atoms with van der Waals surface area (Å²) in [4.78, 5) is 0. The Morgan fingerprint density at radius 1 is 1.44 bits per heavy atom. The maximum Gasteiger partial charge on any atom is 0.155 e. The molecule has 0 amide bonds. The molecule has 0 aliphatic heterocycles. The highest BCUT2D eigenvalue weighted by Crippen LogP contribution is 2.28. The number of nitrogen functional groups attached to an aromatic ring is 1. The molecule has 0 saturated carbocycles. The predicted molar refractivity (Wildman–Crippen MR) is 72.9 cm³/mol. The van der Waals surface area contributed by atoms with E-state index in [-0.39, 0.29) is 28.3 Å². The first-order valence-corrected chi connectivity index (χ1v) is 7.83. The molecule has 7 heteroatoms. The predicted octanol–water partition coefficient (Wildman–Crippen LogP) is 2.37. The van der Waals surface area contributed by atoms with Crippen LogP contribution in [0.15, 0.2) is 16.6 Å². The van der Waals surface area contributed by atoms with Crippen molar-refractivity contribution < 1.29 is 17.5 Å². The molecule has 1 aromatic rings. The van der Waals surface area contributed by atoms with Crippen molar-refractivity contribution in [3.05, 3.63) is 22.4 Å². The van der Waals surface area contributed by atoms with Gasteiger partial charge < -0.3 is 10.5 Å². The zero-order valence-corrected chi connectivity index (χ0v) is 12.5. The summed E-state index contributed by atoms with van der Waals surface area (Å²) in [6.07, 6.45) is 0. The molecule has 0 aliphatic carbocycles. The van der Waals surface area contributed by atoms with Gasteiger partial charge in [0, 0.05) is 6.07 Å². The molecule has 0 aromatic heterocycles. The molecule has 0 atom stereocenters. The van der Waals surface area contributed by atoms with Crippen molar-refractivity contribution >= 4 is 31.5 Å². The molecule has 2 N–H and O–H groups in total. The van der Waals surface area contributed by atoms with Gasteiger partial charge in [0.1, 0.15) is 18.2 Å². The van der Waals surface area contributed by atoms with Gasteiger partial charge in [0.25, 0.3) is 0 Å². The van der Waals surface area contributed by atoms with Crippen LogP contribution in [0.25, 0.3) is 0 Å². The zero-order valence-electron chi connectivity index (χ0n) is 10.1. The van der Waals surface area contributed by atoms with Crippen LogP contribution in [0, 0.1) is 5.82 Å². The first-order chi connectivity index (χ1) is 8.24. The SMILES string of the molecule is CC(C)S(=O)(=O)CCOc1cc(F)c(Br)cc1N. The van der Waals surface area contributed by atoms with Gasteiger partial charge in [0.05, 0.1) is 21.2 Å². The van der Waals surface area contributed by atoms with E-state index in [9.17, 15) is 12.8 Å². The van der Waals surface area contributed by atoms with Gasteiger partial charge >= 0.3 is 0 Å². The lowest BCUT2D eigenvalue weighted by Crippen LogP contribution is -2.22. The topological polar surface area (TPSA) is 69.4 Å². The van der Waals surface area contributed by atoms with Crippen LogP contribution in [0.2, 0.25) is 0 Å². The van der Waals surface area contributed by atoms with E-state index in [0.29, 0.717) is 0 Å². The molecule has 4 nitrogen and oxygen atoms in total. The van der Waals surface area contributed by atoms with Crippen LogP contribution in [0.5, 0.6) is 5.75 Å². The Labute approximate surface area is 114 Å². The van der Waals surface area contributed by atoms with Gasteiger partial charge in [-0.1, -0.05) is 0 Å². The van der Waals surface area contributed by atoms with Crippen LogP contribution in [-0.2, 0) is 9.84 Å². The van der Waals surface area contributed by atoms with Crippen molar-refractivity contribution in [3.8, 4) is 5.75 Å². The molecule has 0 saturated heterocycles. The van der Waals surface area contributed by atoms with E-state index < -0.39 is 20.9 Å². The van der Waals surface area contributed by atoms with Gasteiger partial charge in [0.15, 0.2) is 9.84 Å². The van der Waals surface area contributed by atoms with Gasteiger partial charge in [-0.3, -0.25) is 0 Å². The molecular formula is C11H15BrFNO3S. The molecule has 0 fully saturated rings. The monoisotopic (exact) mass is 339 g/mol. The van der Waals surface area contributed by atoms with Gasteiger partial charge in [-0.05, 0) is 35.8 Å². The van der Waals surface area contributed by atoms with E-state index >= 15 is 0 Å². The average molecular weight is 340 g/mol. The summed E-state index contributed by atoms with van der Waals surface area (Å²) in [5.74, 6) is -0.484. The Morgan fingerprint density at radius 3 is 2.61 bits per heavy atom. The van der Waals surface area contributed by atoms with Crippen LogP contribution in [0.4, 0.5) is 10.1 Å². The Hall–Kier alpha value is -0.820. The minimum atomic E-state index is -3.17. The number of halogens is 2. The smallest absolute Gasteiger partial charge is 0.155 e. The lowest BCUT2D eigenvalue weighted by atomic mass is 10.3. The lowest BCUT2D eigenvalue weighted by molar-refractivity contribution is 0.340. The lowest BCUT2D eigenvalue weighted by Gasteiger charge is -2.11. The third-order valence-corrected chi connectivity index (χ3v) is 5.18. The third kappa shape index (κ3) is 3.84. The first kappa shape index (κ1) is 15.2. The fraction of sp³-hybridized carbons (Fsp3) is 0.455. The average Bonchev–Trinajstić information content (AvgIpc) is 2.25. The Bertz CT molecular complexity index is 531. The summed E-state index contributed by atoms with van der Waals surface area (Å²) in [7, 11) is -3.17. The molecule has 0 bridgehead atoms. The molecular weight excluding hydrogens is 325 g/mol. The van der Waals surface area contributed by atoms with Crippen molar-refractivity contribution in [1.82, 2.24) is 0 Å². The van der Waals surface area contributed by atoms with Crippen LogP contribution >= 0.6 is 15.9 Å². The minimum Gasteiger partial charge on any atom is -0.490 e. The van der Waals surface area contributed by atoms with Crippen LogP contribution in [0.3, 0.4) is 0 Å². The van der Waals surface area contributed by atoms with E-state index in [1.165, 1.54) is 6.07 Å².